The van der Waals surface area contributed by atoms with E-state index < -0.39 is 15.3 Å². The maximum Gasteiger partial charge on any atom is 0.343 e. The van der Waals surface area contributed by atoms with Crippen LogP contribution in [0.15, 0.2) is 69.4 Å². The van der Waals surface area contributed by atoms with Gasteiger partial charge < -0.3 is 5.32 Å². The Kier molecular flexibility index (Phi) is 7.54. The van der Waals surface area contributed by atoms with Crippen LogP contribution < -0.4 is 11.0 Å². The molecule has 32 heavy (non-hydrogen) atoms. The first-order valence-electron chi connectivity index (χ1n) is 9.87. The number of nitrogens with zero attached hydrogens (tertiary/aromatic N) is 3. The fourth-order valence-electron chi connectivity index (χ4n) is 2.88. The van der Waals surface area contributed by atoms with Gasteiger partial charge in [0.25, 0.3) is 0 Å². The lowest BCUT2D eigenvalue weighted by molar-refractivity contribution is -0.115. The highest BCUT2D eigenvalue weighted by Crippen LogP contribution is 2.23. The van der Waals surface area contributed by atoms with Crippen molar-refractivity contribution in [3.05, 3.63) is 70.6 Å². The van der Waals surface area contributed by atoms with Gasteiger partial charge in [0.1, 0.15) is 0 Å². The van der Waals surface area contributed by atoms with Gasteiger partial charge in [-0.2, -0.15) is 0 Å². The van der Waals surface area contributed by atoms with Crippen LogP contribution in [0.4, 0.5) is 5.69 Å². The Labute approximate surface area is 190 Å². The quantitative estimate of drug-likeness (QED) is 0.458. The SMILES string of the molecule is CC(Sc1n[nH]c(=O)n1CCc1ccccc1)C(=O)Nc1cccc(S(=O)(=O)N(C)C)c1. The summed E-state index contributed by atoms with van der Waals surface area (Å²) in [5.74, 6) is -0.334. The molecule has 0 aliphatic rings. The molecule has 0 saturated heterocycles. The molecule has 1 unspecified atom stereocenters. The number of anilines is 1. The van der Waals surface area contributed by atoms with Crippen molar-refractivity contribution in [2.75, 3.05) is 19.4 Å². The average molecular weight is 476 g/mol. The number of carbonyl (C=O) groups excluding carboxylic acids is 1. The summed E-state index contributed by atoms with van der Waals surface area (Å²) in [5.41, 5.74) is 1.13. The predicted octanol–water partition coefficient (Wildman–Crippen LogP) is 2.18. The van der Waals surface area contributed by atoms with Gasteiger partial charge in [-0.05, 0) is 37.1 Å². The molecule has 2 N–H and O–H groups in total. The number of amides is 1. The van der Waals surface area contributed by atoms with E-state index in [9.17, 15) is 18.0 Å². The third-order valence-corrected chi connectivity index (χ3v) is 7.62. The van der Waals surface area contributed by atoms with Crippen molar-refractivity contribution in [2.45, 2.75) is 35.2 Å². The number of nitrogens with one attached hydrogen (secondary N) is 2. The number of hydrogen-bond acceptors (Lipinski definition) is 6. The molecule has 0 aliphatic carbocycles. The zero-order valence-electron chi connectivity index (χ0n) is 18.0. The molecule has 3 rings (SSSR count). The first kappa shape index (κ1) is 23.8. The second-order valence-electron chi connectivity index (χ2n) is 7.26. The summed E-state index contributed by atoms with van der Waals surface area (Å²) in [4.78, 5) is 24.9. The smallest absolute Gasteiger partial charge is 0.325 e. The first-order chi connectivity index (χ1) is 15.2. The van der Waals surface area contributed by atoms with Crippen molar-refractivity contribution < 1.29 is 13.2 Å². The maximum absolute atomic E-state index is 12.7. The van der Waals surface area contributed by atoms with Crippen molar-refractivity contribution in [1.29, 1.82) is 0 Å². The molecule has 1 heterocycles. The highest BCUT2D eigenvalue weighted by Gasteiger charge is 2.21. The second-order valence-corrected chi connectivity index (χ2v) is 10.7. The number of thioether (sulfide) groups is 1. The van der Waals surface area contributed by atoms with Gasteiger partial charge in [0.05, 0.1) is 10.1 Å². The van der Waals surface area contributed by atoms with E-state index in [4.69, 9.17) is 0 Å². The van der Waals surface area contributed by atoms with Crippen LogP contribution in [0.1, 0.15) is 12.5 Å². The molecule has 0 spiro atoms. The summed E-state index contributed by atoms with van der Waals surface area (Å²) in [7, 11) is -0.722. The Morgan fingerprint density at radius 3 is 2.59 bits per heavy atom. The summed E-state index contributed by atoms with van der Waals surface area (Å²) in [5, 5.41) is 9.05. The molecule has 11 heteroatoms. The summed E-state index contributed by atoms with van der Waals surface area (Å²) in [6.07, 6.45) is 0.654. The summed E-state index contributed by atoms with van der Waals surface area (Å²) in [6.45, 7) is 2.13. The van der Waals surface area contributed by atoms with Crippen LogP contribution in [-0.2, 0) is 27.8 Å². The van der Waals surface area contributed by atoms with E-state index in [1.807, 2.05) is 30.3 Å². The van der Waals surface area contributed by atoms with Gasteiger partial charge in [0, 0.05) is 26.3 Å². The molecule has 1 amide bonds. The Morgan fingerprint density at radius 1 is 1.19 bits per heavy atom. The monoisotopic (exact) mass is 475 g/mol. The largest absolute Gasteiger partial charge is 0.343 e. The van der Waals surface area contributed by atoms with Gasteiger partial charge in [-0.25, -0.2) is 22.6 Å². The van der Waals surface area contributed by atoms with E-state index in [1.54, 1.807) is 19.1 Å². The van der Waals surface area contributed by atoms with Gasteiger partial charge in [0.15, 0.2) is 5.16 Å². The molecule has 0 radical (unpaired) electrons. The maximum atomic E-state index is 12.7. The molecule has 9 nitrogen and oxygen atoms in total. The second kappa shape index (κ2) is 10.2. The van der Waals surface area contributed by atoms with Crippen LogP contribution >= 0.6 is 11.8 Å². The molecule has 0 aliphatic heterocycles. The minimum absolute atomic E-state index is 0.0858. The van der Waals surface area contributed by atoms with Crippen molar-refractivity contribution >= 4 is 33.4 Å². The Hall–Kier alpha value is -2.89. The van der Waals surface area contributed by atoms with Gasteiger partial charge >= 0.3 is 5.69 Å². The van der Waals surface area contributed by atoms with Gasteiger partial charge in [-0.3, -0.25) is 9.36 Å². The van der Waals surface area contributed by atoms with Crippen molar-refractivity contribution in [3.8, 4) is 0 Å². The van der Waals surface area contributed by atoms with Gasteiger partial charge in [0.2, 0.25) is 15.9 Å². The molecular formula is C21H25N5O4S2. The molecule has 3 aromatic rings. The topological polar surface area (TPSA) is 117 Å². The average Bonchev–Trinajstić information content (AvgIpc) is 3.12. The number of aromatic amines is 1. The minimum Gasteiger partial charge on any atom is -0.325 e. The van der Waals surface area contributed by atoms with Gasteiger partial charge in [-0.1, -0.05) is 48.2 Å². The Morgan fingerprint density at radius 2 is 1.91 bits per heavy atom. The zero-order chi connectivity index (χ0) is 23.3. The molecule has 1 atom stereocenters. The van der Waals surface area contributed by atoms with E-state index in [1.165, 1.54) is 30.8 Å². The number of carbonyl (C=O) groups is 1. The lowest BCUT2D eigenvalue weighted by Crippen LogP contribution is -2.25. The van der Waals surface area contributed by atoms with Crippen LogP contribution in [0.5, 0.6) is 0 Å². The Bertz CT molecular complexity index is 1240. The van der Waals surface area contributed by atoms with Crippen LogP contribution in [0.3, 0.4) is 0 Å². The summed E-state index contributed by atoms with van der Waals surface area (Å²) < 4.78 is 27.2. The standard InChI is InChI=1S/C21H25N5O4S2/c1-15(19(27)22-17-10-7-11-18(14-17)32(29,30)25(2)3)31-21-24-23-20(28)26(21)13-12-16-8-5-4-6-9-16/h4-11,14-15H,12-13H2,1-3H3,(H,22,27)(H,23,28). The van der Waals surface area contributed by atoms with Crippen molar-refractivity contribution in [2.24, 2.45) is 0 Å². The summed E-state index contributed by atoms with van der Waals surface area (Å²) >= 11 is 1.15. The van der Waals surface area contributed by atoms with Crippen LogP contribution in [0.25, 0.3) is 0 Å². The number of benzene rings is 2. The fraction of sp³-hybridized carbons (Fsp3) is 0.286. The number of H-pyrrole nitrogens is 1. The molecule has 0 saturated carbocycles. The van der Waals surface area contributed by atoms with Gasteiger partial charge in [-0.15, -0.1) is 5.10 Å². The summed E-state index contributed by atoms with van der Waals surface area (Å²) in [6, 6.07) is 15.8. The molecule has 0 bridgehead atoms. The number of aryl methyl sites for hydroxylation is 1. The highest BCUT2D eigenvalue weighted by atomic mass is 32.2. The lowest BCUT2D eigenvalue weighted by Gasteiger charge is -2.14. The predicted molar refractivity (Wildman–Crippen MR) is 124 cm³/mol. The van der Waals surface area contributed by atoms with E-state index in [0.29, 0.717) is 23.8 Å². The first-order valence-corrected chi connectivity index (χ1v) is 12.2. The Balaban J connectivity index is 1.67. The third-order valence-electron chi connectivity index (χ3n) is 4.72. The lowest BCUT2D eigenvalue weighted by atomic mass is 10.1. The van der Waals surface area contributed by atoms with Crippen molar-refractivity contribution in [1.82, 2.24) is 19.1 Å². The van der Waals surface area contributed by atoms with E-state index in [0.717, 1.165) is 21.6 Å². The zero-order valence-corrected chi connectivity index (χ0v) is 19.6. The highest BCUT2D eigenvalue weighted by molar-refractivity contribution is 8.00. The number of sulfonamides is 1. The normalized spacial score (nSPS) is 12.6. The van der Waals surface area contributed by atoms with Crippen molar-refractivity contribution in [3.63, 3.8) is 0 Å². The third kappa shape index (κ3) is 5.67. The van der Waals surface area contributed by atoms with Crippen LogP contribution in [0, 0.1) is 0 Å². The number of hydrogen-bond donors (Lipinski definition) is 2. The molecule has 2 aromatic carbocycles. The molecule has 0 fully saturated rings. The van der Waals surface area contributed by atoms with E-state index >= 15 is 0 Å². The number of aromatic nitrogens is 3. The van der Waals surface area contributed by atoms with E-state index in [2.05, 4.69) is 15.5 Å². The van der Waals surface area contributed by atoms with E-state index in [-0.39, 0.29) is 16.5 Å². The van der Waals surface area contributed by atoms with Crippen LogP contribution in [-0.4, -0.2) is 52.7 Å². The fourth-order valence-corrected chi connectivity index (χ4v) is 4.71. The molecule has 170 valence electrons. The molecule has 1 aromatic heterocycles. The minimum atomic E-state index is -3.61. The number of rotatable bonds is 9. The van der Waals surface area contributed by atoms with Crippen LogP contribution in [0.2, 0.25) is 0 Å². The molecular weight excluding hydrogens is 450 g/mol.